The number of terminal acetylenes is 1. The highest BCUT2D eigenvalue weighted by atomic mass is 32.2. The Hall–Kier alpha value is -3.36. The van der Waals surface area contributed by atoms with Crippen LogP contribution in [0.3, 0.4) is 0 Å². The van der Waals surface area contributed by atoms with Crippen molar-refractivity contribution in [3.05, 3.63) is 95.1 Å². The van der Waals surface area contributed by atoms with Crippen LogP contribution in [0.2, 0.25) is 0 Å². The number of carbonyl (C=O) groups is 1. The molecule has 1 aliphatic heterocycles. The monoisotopic (exact) mass is 415 g/mol. The second kappa shape index (κ2) is 7.47. The fourth-order valence-electron chi connectivity index (χ4n) is 3.92. The van der Waals surface area contributed by atoms with Crippen molar-refractivity contribution >= 4 is 21.6 Å². The highest BCUT2D eigenvalue weighted by Crippen LogP contribution is 2.46. The lowest BCUT2D eigenvalue weighted by Gasteiger charge is -2.37. The minimum atomic E-state index is -4.11. The molecule has 0 bridgehead atoms. The van der Waals surface area contributed by atoms with Gasteiger partial charge in [0.1, 0.15) is 0 Å². The van der Waals surface area contributed by atoms with Crippen molar-refractivity contribution in [3.8, 4) is 12.3 Å². The van der Waals surface area contributed by atoms with Crippen LogP contribution in [-0.2, 0) is 14.8 Å². The summed E-state index contributed by atoms with van der Waals surface area (Å²) < 4.78 is 28.1. The van der Waals surface area contributed by atoms with Gasteiger partial charge in [-0.3, -0.25) is 4.79 Å². The summed E-state index contributed by atoms with van der Waals surface area (Å²) in [6.07, 6.45) is 5.87. The molecule has 0 saturated carbocycles. The Labute approximate surface area is 177 Å². The predicted octanol–water partition coefficient (Wildman–Crippen LogP) is 4.54. The molecule has 0 N–H and O–H groups in total. The maximum absolute atomic E-state index is 13.7. The van der Waals surface area contributed by atoms with Crippen molar-refractivity contribution in [2.24, 2.45) is 0 Å². The zero-order valence-electron chi connectivity index (χ0n) is 16.7. The second-order valence-electron chi connectivity index (χ2n) is 7.52. The lowest BCUT2D eigenvalue weighted by molar-refractivity contribution is -0.119. The van der Waals surface area contributed by atoms with Crippen molar-refractivity contribution in [2.45, 2.75) is 30.6 Å². The molecule has 0 aliphatic carbocycles. The molecule has 150 valence electrons. The summed E-state index contributed by atoms with van der Waals surface area (Å²) >= 11 is 0. The van der Waals surface area contributed by atoms with Crippen molar-refractivity contribution < 1.29 is 13.2 Å². The molecule has 4 rings (SSSR count). The molecule has 0 unspecified atom stereocenters. The minimum absolute atomic E-state index is 0.0685. The molecule has 0 saturated heterocycles. The average molecular weight is 416 g/mol. The van der Waals surface area contributed by atoms with Crippen LogP contribution in [-0.4, -0.2) is 14.3 Å². The van der Waals surface area contributed by atoms with E-state index in [1.54, 1.807) is 24.3 Å². The van der Waals surface area contributed by atoms with E-state index in [9.17, 15) is 13.2 Å². The van der Waals surface area contributed by atoms with Gasteiger partial charge in [-0.15, -0.1) is 6.42 Å². The number of anilines is 1. The lowest BCUT2D eigenvalue weighted by Crippen LogP contribution is -2.45. The van der Waals surface area contributed by atoms with Crippen molar-refractivity contribution in [1.82, 2.24) is 0 Å². The molecule has 0 spiro atoms. The van der Waals surface area contributed by atoms with E-state index in [1.165, 1.54) is 12.1 Å². The van der Waals surface area contributed by atoms with E-state index in [2.05, 4.69) is 5.92 Å². The van der Waals surface area contributed by atoms with Crippen LogP contribution < -0.4 is 4.31 Å². The van der Waals surface area contributed by atoms with E-state index in [0.29, 0.717) is 16.8 Å². The van der Waals surface area contributed by atoms with Crippen LogP contribution in [0.5, 0.6) is 0 Å². The highest BCUT2D eigenvalue weighted by molar-refractivity contribution is 7.93. The first-order chi connectivity index (χ1) is 14.3. The van der Waals surface area contributed by atoms with Gasteiger partial charge >= 0.3 is 0 Å². The molecule has 4 nitrogen and oxygen atoms in total. The zero-order chi connectivity index (χ0) is 21.5. The van der Waals surface area contributed by atoms with E-state index >= 15 is 0 Å². The molecule has 2 atom stereocenters. The van der Waals surface area contributed by atoms with Gasteiger partial charge in [-0.1, -0.05) is 71.6 Å². The maximum atomic E-state index is 13.7. The van der Waals surface area contributed by atoms with E-state index < -0.39 is 27.8 Å². The van der Waals surface area contributed by atoms with Crippen LogP contribution in [0.1, 0.15) is 34.1 Å². The molecular formula is C25H21NO3S. The number of hydrogen-bond acceptors (Lipinski definition) is 3. The molecule has 3 aromatic carbocycles. The van der Waals surface area contributed by atoms with Crippen LogP contribution in [0.15, 0.2) is 77.7 Å². The summed E-state index contributed by atoms with van der Waals surface area (Å²) in [5.41, 5.74) is 3.57. The average Bonchev–Trinajstić information content (AvgIpc) is 2.73. The molecular weight excluding hydrogens is 394 g/mol. The number of carbonyl (C=O) groups excluding carboxylic acids is 1. The summed E-state index contributed by atoms with van der Waals surface area (Å²) in [4.78, 5) is 13.7. The quantitative estimate of drug-likeness (QED) is 0.590. The smallest absolute Gasteiger partial charge is 0.270 e. The number of amides is 1. The number of nitrogens with zero attached hydrogens (tertiary/aromatic N) is 1. The van der Waals surface area contributed by atoms with Gasteiger partial charge in [0.25, 0.3) is 10.0 Å². The molecule has 1 amide bonds. The van der Waals surface area contributed by atoms with Crippen LogP contribution >= 0.6 is 0 Å². The molecule has 1 aliphatic rings. The third-order valence-electron chi connectivity index (χ3n) is 5.43. The zero-order valence-corrected chi connectivity index (χ0v) is 17.6. The second-order valence-corrected chi connectivity index (χ2v) is 9.30. The Morgan fingerprint density at radius 2 is 1.53 bits per heavy atom. The number of rotatable bonds is 3. The minimum Gasteiger partial charge on any atom is -0.273 e. The molecule has 0 aromatic heterocycles. The van der Waals surface area contributed by atoms with Gasteiger partial charge in [-0.2, -0.15) is 0 Å². The van der Waals surface area contributed by atoms with E-state index in [0.717, 1.165) is 15.4 Å². The fourth-order valence-corrected chi connectivity index (χ4v) is 5.39. The summed E-state index contributed by atoms with van der Waals surface area (Å²) in [6, 6.07) is 20.9. The lowest BCUT2D eigenvalue weighted by atomic mass is 9.77. The predicted molar refractivity (Wildman–Crippen MR) is 118 cm³/mol. The Balaban J connectivity index is 1.97. The Morgan fingerprint density at radius 1 is 0.900 bits per heavy atom. The van der Waals surface area contributed by atoms with Gasteiger partial charge < -0.3 is 0 Å². The Morgan fingerprint density at radius 3 is 2.17 bits per heavy atom. The number of fused-ring (bicyclic) bond motifs is 1. The van der Waals surface area contributed by atoms with Crippen molar-refractivity contribution in [2.75, 3.05) is 4.31 Å². The van der Waals surface area contributed by atoms with Crippen molar-refractivity contribution in [1.29, 1.82) is 0 Å². The Bertz CT molecular complexity index is 1260. The maximum Gasteiger partial charge on any atom is 0.270 e. The molecule has 5 heteroatoms. The van der Waals surface area contributed by atoms with Crippen LogP contribution in [0.25, 0.3) is 0 Å². The van der Waals surface area contributed by atoms with E-state index in [1.807, 2.05) is 50.2 Å². The number of benzene rings is 3. The molecule has 0 fully saturated rings. The van der Waals surface area contributed by atoms with Gasteiger partial charge in [0.15, 0.2) is 0 Å². The molecule has 1 heterocycles. The van der Waals surface area contributed by atoms with Gasteiger partial charge in [0.2, 0.25) is 5.91 Å². The van der Waals surface area contributed by atoms with Gasteiger partial charge in [0.05, 0.1) is 22.4 Å². The summed E-state index contributed by atoms with van der Waals surface area (Å²) in [5, 5.41) is 0. The van der Waals surface area contributed by atoms with Crippen LogP contribution in [0.4, 0.5) is 5.69 Å². The van der Waals surface area contributed by atoms with Gasteiger partial charge in [-0.25, -0.2) is 12.7 Å². The third-order valence-corrected chi connectivity index (χ3v) is 7.16. The van der Waals surface area contributed by atoms with Crippen molar-refractivity contribution in [3.63, 3.8) is 0 Å². The third kappa shape index (κ3) is 3.20. The molecule has 3 aromatic rings. The molecule has 0 radical (unpaired) electrons. The van der Waals surface area contributed by atoms with Gasteiger partial charge in [0, 0.05) is 0 Å². The summed E-state index contributed by atoms with van der Waals surface area (Å²) in [6.45, 7) is 3.80. The van der Waals surface area contributed by atoms with E-state index in [-0.39, 0.29) is 4.90 Å². The topological polar surface area (TPSA) is 54.5 Å². The van der Waals surface area contributed by atoms with Crippen LogP contribution in [0, 0.1) is 26.2 Å². The molecule has 30 heavy (non-hydrogen) atoms. The van der Waals surface area contributed by atoms with Gasteiger partial charge in [-0.05, 0) is 43.2 Å². The summed E-state index contributed by atoms with van der Waals surface area (Å²) in [7, 11) is -4.11. The number of hydrogen-bond donors (Lipinski definition) is 0. The SMILES string of the molecule is C#C[C@@H]1c2cc(C)ccc2N(S(=O)(=O)c2ccc(C)cc2)C(=O)[C@H]1c1ccccc1. The first-order valence-electron chi connectivity index (χ1n) is 9.62. The normalized spacial score (nSPS) is 18.6. The highest BCUT2D eigenvalue weighted by Gasteiger charge is 2.45. The fraction of sp³-hybridized carbons (Fsp3) is 0.160. The number of sulfonamides is 1. The first kappa shape index (κ1) is 19.9. The number of aryl methyl sites for hydroxylation is 2. The first-order valence-corrected chi connectivity index (χ1v) is 11.1. The Kier molecular flexibility index (Phi) is 4.97. The largest absolute Gasteiger partial charge is 0.273 e. The summed E-state index contributed by atoms with van der Waals surface area (Å²) in [5.74, 6) is 0.860. The van der Waals surface area contributed by atoms with E-state index in [4.69, 9.17) is 6.42 Å². The standard InChI is InChI=1S/C25H21NO3S/c1-4-21-22-16-18(3)12-15-23(22)26(25(27)24(21)19-8-6-5-7-9-19)30(28,29)20-13-10-17(2)11-14-20/h1,5-16,21,24H,2-3H3/t21-,24+/m1/s1.